The van der Waals surface area contributed by atoms with Gasteiger partial charge in [-0.05, 0) is 65.7 Å². The third kappa shape index (κ3) is 3.32. The third-order valence-electron chi connectivity index (χ3n) is 5.50. The van der Waals surface area contributed by atoms with E-state index in [9.17, 15) is 0 Å². The highest BCUT2D eigenvalue weighted by Gasteiger charge is 2.21. The topological polar surface area (TPSA) is 36.3 Å². The van der Waals surface area contributed by atoms with Gasteiger partial charge >= 0.3 is 0 Å². The van der Waals surface area contributed by atoms with Crippen molar-refractivity contribution in [2.24, 2.45) is 0 Å². The summed E-state index contributed by atoms with van der Waals surface area (Å²) in [5.41, 5.74) is 5.57. The molecule has 0 N–H and O–H groups in total. The van der Waals surface area contributed by atoms with Crippen molar-refractivity contribution in [1.82, 2.24) is 9.55 Å². The summed E-state index contributed by atoms with van der Waals surface area (Å²) in [5.74, 6) is 2.54. The van der Waals surface area contributed by atoms with Crippen LogP contribution in [-0.4, -0.2) is 23.8 Å². The molecule has 0 amide bonds. The van der Waals surface area contributed by atoms with Gasteiger partial charge in [-0.2, -0.15) is 0 Å². The number of hydrogen-bond donors (Lipinski definition) is 0. The molecule has 3 aromatic carbocycles. The Bertz CT molecular complexity index is 1320. The number of benzene rings is 3. The second kappa shape index (κ2) is 8.00. The largest absolute Gasteiger partial charge is 0.497 e. The quantitative estimate of drug-likeness (QED) is 0.340. The van der Waals surface area contributed by atoms with E-state index in [2.05, 4.69) is 58.1 Å². The molecule has 2 aromatic heterocycles. The van der Waals surface area contributed by atoms with Crippen molar-refractivity contribution >= 4 is 10.9 Å². The van der Waals surface area contributed by atoms with Gasteiger partial charge in [0, 0.05) is 17.1 Å². The Hall–Kier alpha value is -4.05. The van der Waals surface area contributed by atoms with Crippen LogP contribution in [0.3, 0.4) is 0 Å². The second-order valence-corrected chi connectivity index (χ2v) is 7.22. The summed E-state index contributed by atoms with van der Waals surface area (Å²) in [7, 11) is 3.37. The van der Waals surface area contributed by atoms with E-state index in [0.717, 1.165) is 45.2 Å². The van der Waals surface area contributed by atoms with Crippen molar-refractivity contribution in [2.75, 3.05) is 14.2 Å². The molecule has 0 fully saturated rings. The fourth-order valence-corrected chi connectivity index (χ4v) is 4.04. The lowest BCUT2D eigenvalue weighted by Crippen LogP contribution is -1.99. The van der Waals surface area contributed by atoms with Crippen LogP contribution in [0.1, 0.15) is 0 Å². The predicted molar refractivity (Wildman–Crippen MR) is 125 cm³/mol. The van der Waals surface area contributed by atoms with E-state index in [1.54, 1.807) is 14.2 Å². The Morgan fingerprint density at radius 2 is 1.26 bits per heavy atom. The van der Waals surface area contributed by atoms with Gasteiger partial charge in [0.05, 0.1) is 25.4 Å². The van der Waals surface area contributed by atoms with E-state index in [-0.39, 0.29) is 0 Å². The zero-order valence-electron chi connectivity index (χ0n) is 17.4. The molecule has 0 aliphatic rings. The first-order valence-corrected chi connectivity index (χ1v) is 10.1. The summed E-state index contributed by atoms with van der Waals surface area (Å²) < 4.78 is 13.0. The Labute approximate surface area is 181 Å². The number of rotatable bonds is 5. The van der Waals surface area contributed by atoms with Crippen molar-refractivity contribution < 1.29 is 9.47 Å². The Balaban J connectivity index is 1.88. The van der Waals surface area contributed by atoms with Crippen LogP contribution in [0.2, 0.25) is 0 Å². The highest BCUT2D eigenvalue weighted by molar-refractivity contribution is 6.05. The zero-order chi connectivity index (χ0) is 21.2. The predicted octanol–water partition coefficient (Wildman–Crippen LogP) is 6.38. The smallest absolute Gasteiger partial charge is 0.137 e. The molecule has 152 valence electrons. The standard InChI is InChI=1S/C27H22N2O2/c1-30-21-14-10-19(11-15-21)26-23-7-3-4-8-24(23)29(25-9-5-6-18-28-25)27(26)20-12-16-22(31-2)17-13-20/h3-18H,1-2H3. The van der Waals surface area contributed by atoms with Crippen molar-refractivity contribution in [3.8, 4) is 39.7 Å². The summed E-state index contributed by atoms with van der Waals surface area (Å²) in [6.45, 7) is 0. The van der Waals surface area contributed by atoms with Crippen LogP contribution in [0.4, 0.5) is 0 Å². The first-order valence-electron chi connectivity index (χ1n) is 10.1. The second-order valence-electron chi connectivity index (χ2n) is 7.22. The van der Waals surface area contributed by atoms with E-state index < -0.39 is 0 Å². The average Bonchev–Trinajstić information content (AvgIpc) is 3.20. The number of para-hydroxylation sites is 1. The van der Waals surface area contributed by atoms with Crippen LogP contribution < -0.4 is 9.47 Å². The van der Waals surface area contributed by atoms with Crippen molar-refractivity contribution in [3.05, 3.63) is 97.2 Å². The van der Waals surface area contributed by atoms with Crippen LogP contribution >= 0.6 is 0 Å². The molecular formula is C27H22N2O2. The Kier molecular flexibility index (Phi) is 4.89. The SMILES string of the molecule is COc1ccc(-c2c(-c3ccc(OC)cc3)n(-c3ccccn3)c3ccccc23)cc1. The highest BCUT2D eigenvalue weighted by atomic mass is 16.5. The van der Waals surface area contributed by atoms with Gasteiger partial charge in [0.1, 0.15) is 17.3 Å². The molecule has 0 saturated carbocycles. The van der Waals surface area contributed by atoms with Crippen LogP contribution in [0.15, 0.2) is 97.2 Å². The average molecular weight is 406 g/mol. The van der Waals surface area contributed by atoms with Gasteiger partial charge in [-0.3, -0.25) is 4.57 Å². The van der Waals surface area contributed by atoms with Crippen LogP contribution in [0.25, 0.3) is 39.1 Å². The van der Waals surface area contributed by atoms with E-state index >= 15 is 0 Å². The number of hydrogen-bond acceptors (Lipinski definition) is 3. The number of fused-ring (bicyclic) bond motifs is 1. The van der Waals surface area contributed by atoms with Gasteiger partial charge < -0.3 is 9.47 Å². The molecule has 0 radical (unpaired) electrons. The summed E-state index contributed by atoms with van der Waals surface area (Å²) in [5, 5.41) is 1.17. The molecule has 4 heteroatoms. The molecule has 0 aliphatic carbocycles. The number of ether oxygens (including phenoxy) is 2. The lowest BCUT2D eigenvalue weighted by Gasteiger charge is -2.13. The first kappa shape index (κ1) is 18.9. The summed E-state index contributed by atoms with van der Waals surface area (Å²) >= 11 is 0. The summed E-state index contributed by atoms with van der Waals surface area (Å²) in [6.07, 6.45) is 1.83. The number of aromatic nitrogens is 2. The van der Waals surface area contributed by atoms with Crippen LogP contribution in [-0.2, 0) is 0 Å². The molecule has 5 aromatic rings. The van der Waals surface area contributed by atoms with Gasteiger partial charge in [-0.25, -0.2) is 4.98 Å². The fourth-order valence-electron chi connectivity index (χ4n) is 4.04. The maximum absolute atomic E-state index is 5.39. The summed E-state index contributed by atoms with van der Waals surface area (Å²) in [6, 6.07) is 30.8. The molecule has 31 heavy (non-hydrogen) atoms. The molecule has 0 unspecified atom stereocenters. The van der Waals surface area contributed by atoms with E-state index in [1.807, 2.05) is 48.7 Å². The molecule has 5 rings (SSSR count). The minimum atomic E-state index is 0.829. The summed E-state index contributed by atoms with van der Waals surface area (Å²) in [4.78, 5) is 4.67. The third-order valence-corrected chi connectivity index (χ3v) is 5.50. The molecule has 0 aliphatic heterocycles. The zero-order valence-corrected chi connectivity index (χ0v) is 17.4. The molecular weight excluding hydrogens is 384 g/mol. The van der Waals surface area contributed by atoms with Gasteiger partial charge in [0.2, 0.25) is 0 Å². The van der Waals surface area contributed by atoms with Crippen LogP contribution in [0.5, 0.6) is 11.5 Å². The normalized spacial score (nSPS) is 10.9. The monoisotopic (exact) mass is 406 g/mol. The lowest BCUT2D eigenvalue weighted by atomic mass is 9.98. The highest BCUT2D eigenvalue weighted by Crippen LogP contribution is 2.42. The Morgan fingerprint density at radius 3 is 1.87 bits per heavy atom. The maximum Gasteiger partial charge on any atom is 0.137 e. The van der Waals surface area contributed by atoms with Crippen molar-refractivity contribution in [3.63, 3.8) is 0 Å². The molecule has 0 saturated heterocycles. The van der Waals surface area contributed by atoms with E-state index in [1.165, 1.54) is 5.39 Å². The molecule has 0 atom stereocenters. The van der Waals surface area contributed by atoms with E-state index in [0.29, 0.717) is 0 Å². The van der Waals surface area contributed by atoms with Gasteiger partial charge in [0.25, 0.3) is 0 Å². The van der Waals surface area contributed by atoms with Crippen molar-refractivity contribution in [2.45, 2.75) is 0 Å². The number of pyridine rings is 1. The molecule has 4 nitrogen and oxygen atoms in total. The number of nitrogens with zero attached hydrogens (tertiary/aromatic N) is 2. The molecule has 2 heterocycles. The molecule has 0 bridgehead atoms. The molecule has 0 spiro atoms. The van der Waals surface area contributed by atoms with E-state index in [4.69, 9.17) is 9.47 Å². The lowest BCUT2D eigenvalue weighted by molar-refractivity contribution is 0.414. The van der Waals surface area contributed by atoms with Gasteiger partial charge in [-0.15, -0.1) is 0 Å². The van der Waals surface area contributed by atoms with Crippen LogP contribution in [0, 0.1) is 0 Å². The van der Waals surface area contributed by atoms with Crippen molar-refractivity contribution in [1.29, 1.82) is 0 Å². The minimum Gasteiger partial charge on any atom is -0.497 e. The maximum atomic E-state index is 5.39. The van der Waals surface area contributed by atoms with Gasteiger partial charge in [-0.1, -0.05) is 36.4 Å². The fraction of sp³-hybridized carbons (Fsp3) is 0.0741. The first-order chi connectivity index (χ1) is 15.3. The van der Waals surface area contributed by atoms with Gasteiger partial charge in [0.15, 0.2) is 0 Å². The Morgan fingerprint density at radius 1 is 0.645 bits per heavy atom. The minimum absolute atomic E-state index is 0.829. The number of methoxy groups -OCH3 is 2.